The zero-order valence-electron chi connectivity index (χ0n) is 13.8. The molecule has 129 valence electrons. The summed E-state index contributed by atoms with van der Waals surface area (Å²) in [6.07, 6.45) is 2.55. The summed E-state index contributed by atoms with van der Waals surface area (Å²) in [6, 6.07) is 0. The van der Waals surface area contributed by atoms with Gasteiger partial charge in [0.25, 0.3) is 0 Å². The monoisotopic (exact) mass is 355 g/mol. The van der Waals surface area contributed by atoms with E-state index in [9.17, 15) is 29.7 Å². The number of aliphatic hydroxyl groups is 1. The summed E-state index contributed by atoms with van der Waals surface area (Å²) in [7, 11) is 0. The average molecular weight is 355 g/mol. The molecule has 7 nitrogen and oxygen atoms in total. The zero-order chi connectivity index (χ0) is 17.7. The smallest absolute Gasteiger partial charge is 0.550 e. The van der Waals surface area contributed by atoms with Crippen LogP contribution in [-0.4, -0.2) is 29.6 Å². The van der Waals surface area contributed by atoms with Gasteiger partial charge in [-0.25, -0.2) is 0 Å². The van der Waals surface area contributed by atoms with Gasteiger partial charge < -0.3 is 34.8 Å². The molecule has 0 rings (SSSR count). The molecule has 0 fully saturated rings. The number of hydrogen-bond acceptors (Lipinski definition) is 7. The Morgan fingerprint density at radius 1 is 0.682 bits per heavy atom. The number of carboxylic acid groups (broad SMARTS) is 3. The second-order valence-electron chi connectivity index (χ2n) is 3.68. The van der Waals surface area contributed by atoms with Crippen molar-refractivity contribution in [2.75, 3.05) is 6.61 Å². The molecule has 0 aromatic heterocycles. The molecule has 1 radical (unpaired) electrons. The minimum absolute atomic E-state index is 0. The molecule has 0 aliphatic heterocycles. The number of carboxylic acids is 3. The van der Waals surface area contributed by atoms with Gasteiger partial charge >= 0.3 is 21.7 Å². The van der Waals surface area contributed by atoms with E-state index in [4.69, 9.17) is 5.11 Å². The van der Waals surface area contributed by atoms with Crippen LogP contribution in [0.3, 0.4) is 0 Å². The maximum Gasteiger partial charge on any atom is 3.00 e. The predicted octanol–water partition coefficient (Wildman–Crippen LogP) is -1.39. The number of aliphatic carboxylic acids is 3. The van der Waals surface area contributed by atoms with Crippen molar-refractivity contribution in [3.8, 4) is 0 Å². The Morgan fingerprint density at radius 3 is 0.818 bits per heavy atom. The first-order valence-electron chi connectivity index (χ1n) is 6.93. The second-order valence-corrected chi connectivity index (χ2v) is 3.68. The molecule has 0 atom stereocenters. The van der Waals surface area contributed by atoms with E-state index in [-0.39, 0.29) is 47.6 Å². The van der Waals surface area contributed by atoms with E-state index < -0.39 is 17.9 Å². The molecule has 0 spiro atoms. The number of carbonyl (C=O) groups is 3. The molecule has 0 bridgehead atoms. The summed E-state index contributed by atoms with van der Waals surface area (Å²) in [6.45, 7) is 7.33. The van der Waals surface area contributed by atoms with Gasteiger partial charge in [0.15, 0.2) is 0 Å². The van der Waals surface area contributed by atoms with Crippen LogP contribution in [-0.2, 0) is 36.1 Å². The number of aliphatic hydroxyl groups excluding tert-OH is 1. The molecule has 0 unspecified atom stereocenters. The van der Waals surface area contributed by atoms with Gasteiger partial charge in [-0.15, -0.1) is 0 Å². The first kappa shape index (κ1) is 32.9. The fourth-order valence-electron chi connectivity index (χ4n) is 0.612. The van der Waals surface area contributed by atoms with Gasteiger partial charge in [0.1, 0.15) is 0 Å². The fraction of sp³-hybridized carbons (Fsp3) is 0.786. The Morgan fingerprint density at radius 2 is 0.818 bits per heavy atom. The Balaban J connectivity index is -0.0000000591. The van der Waals surface area contributed by atoms with Crippen LogP contribution in [0, 0.1) is 0 Å². The van der Waals surface area contributed by atoms with Gasteiger partial charge in [-0.3, -0.25) is 0 Å². The molecule has 0 saturated heterocycles. The van der Waals surface area contributed by atoms with Crippen LogP contribution in [0.25, 0.3) is 0 Å². The van der Waals surface area contributed by atoms with E-state index >= 15 is 0 Å². The molecule has 0 amide bonds. The van der Waals surface area contributed by atoms with Crippen LogP contribution < -0.4 is 15.3 Å². The van der Waals surface area contributed by atoms with Crippen LogP contribution in [0.1, 0.15) is 66.2 Å². The standard InChI is InChI=1S/3C4H8O2.C2H6O.Ti/c3*1-2-3-4(5)6;1-2-3;/h3*2-3H2,1H3,(H,5,6);3H,2H2,1H3;/q;;;;+3/p-3. The van der Waals surface area contributed by atoms with Gasteiger partial charge in [0.05, 0.1) is 0 Å². The number of carbonyl (C=O) groups excluding carboxylic acids is 3. The predicted molar refractivity (Wildman–Crippen MR) is 72.5 cm³/mol. The van der Waals surface area contributed by atoms with Crippen LogP contribution >= 0.6 is 0 Å². The third-order valence-electron chi connectivity index (χ3n) is 1.36. The molecule has 22 heavy (non-hydrogen) atoms. The summed E-state index contributed by atoms with van der Waals surface area (Å²) in [4.78, 5) is 28.5. The first-order chi connectivity index (χ1) is 9.72. The van der Waals surface area contributed by atoms with E-state index in [0.717, 1.165) is 0 Å². The normalized spacial score (nSPS) is 7.50. The third kappa shape index (κ3) is 95.5. The fourth-order valence-corrected chi connectivity index (χ4v) is 0.612. The van der Waals surface area contributed by atoms with E-state index in [0.29, 0.717) is 19.3 Å². The molecule has 0 heterocycles. The van der Waals surface area contributed by atoms with Crippen molar-refractivity contribution in [1.29, 1.82) is 0 Å². The van der Waals surface area contributed by atoms with Crippen LogP contribution in [0.15, 0.2) is 0 Å². The molecule has 0 aromatic carbocycles. The Bertz CT molecular complexity index is 207. The van der Waals surface area contributed by atoms with Crippen molar-refractivity contribution in [3.63, 3.8) is 0 Å². The van der Waals surface area contributed by atoms with Crippen molar-refractivity contribution < 1.29 is 56.5 Å². The van der Waals surface area contributed by atoms with Gasteiger partial charge in [-0.2, -0.15) is 0 Å². The van der Waals surface area contributed by atoms with Gasteiger partial charge in [-0.05, 0) is 26.2 Å². The van der Waals surface area contributed by atoms with Crippen molar-refractivity contribution >= 4 is 17.9 Å². The molecule has 0 aliphatic rings. The Labute approximate surface area is 147 Å². The third-order valence-corrected chi connectivity index (χ3v) is 1.36. The largest absolute Gasteiger partial charge is 3.00 e. The summed E-state index contributed by atoms with van der Waals surface area (Å²) in [5.74, 6) is -2.88. The SMILES string of the molecule is CCCC(=O)[O-].CCCC(=O)[O-].CCCC(=O)[O-].CCO.[Ti+3]. The second kappa shape index (κ2) is 32.1. The molecule has 0 saturated carbocycles. The molecule has 0 aromatic rings. The maximum atomic E-state index is 9.49. The van der Waals surface area contributed by atoms with Crippen molar-refractivity contribution in [1.82, 2.24) is 0 Å². The maximum absolute atomic E-state index is 9.49. The average Bonchev–Trinajstić information content (AvgIpc) is 2.30. The van der Waals surface area contributed by atoms with E-state index in [2.05, 4.69) is 0 Å². The molecule has 8 heteroatoms. The van der Waals surface area contributed by atoms with E-state index in [1.807, 2.05) is 0 Å². The van der Waals surface area contributed by atoms with Gasteiger partial charge in [0.2, 0.25) is 0 Å². The Hall–Kier alpha value is -0.916. The quantitative estimate of drug-likeness (QED) is 0.578. The molecular weight excluding hydrogens is 328 g/mol. The minimum Gasteiger partial charge on any atom is -0.550 e. The van der Waals surface area contributed by atoms with Crippen LogP contribution in [0.4, 0.5) is 0 Å². The van der Waals surface area contributed by atoms with Crippen molar-refractivity contribution in [2.45, 2.75) is 66.2 Å². The summed E-state index contributed by atoms with van der Waals surface area (Å²) < 4.78 is 0. The Kier molecular flexibility index (Phi) is 48.0. The number of hydrogen-bond donors (Lipinski definition) is 1. The molecule has 1 N–H and O–H groups in total. The molecular formula is C14H27O7Ti. The van der Waals surface area contributed by atoms with Gasteiger partial charge in [0, 0.05) is 24.5 Å². The summed E-state index contributed by atoms with van der Waals surface area (Å²) >= 11 is 0. The van der Waals surface area contributed by atoms with Crippen molar-refractivity contribution in [3.05, 3.63) is 0 Å². The zero-order valence-corrected chi connectivity index (χ0v) is 15.4. The number of rotatable bonds is 6. The van der Waals surface area contributed by atoms with E-state index in [1.165, 1.54) is 0 Å². The summed E-state index contributed by atoms with van der Waals surface area (Å²) in [5.41, 5.74) is 0. The topological polar surface area (TPSA) is 141 Å². The minimum atomic E-state index is -0.961. The summed E-state index contributed by atoms with van der Waals surface area (Å²) in [5, 5.41) is 36.0. The van der Waals surface area contributed by atoms with E-state index in [1.54, 1.807) is 27.7 Å². The van der Waals surface area contributed by atoms with Gasteiger partial charge in [-0.1, -0.05) is 40.0 Å². The molecule has 0 aliphatic carbocycles. The van der Waals surface area contributed by atoms with Crippen LogP contribution in [0.5, 0.6) is 0 Å². The van der Waals surface area contributed by atoms with Crippen LogP contribution in [0.2, 0.25) is 0 Å². The first-order valence-corrected chi connectivity index (χ1v) is 6.93. The van der Waals surface area contributed by atoms with Crippen molar-refractivity contribution in [2.24, 2.45) is 0 Å².